The normalized spacial score (nSPS) is 11.6. The lowest BCUT2D eigenvalue weighted by Crippen LogP contribution is -2.06. The van der Waals surface area contributed by atoms with Crippen LogP contribution in [-0.4, -0.2) is 13.2 Å². The van der Waals surface area contributed by atoms with Gasteiger partial charge in [-0.2, -0.15) is 5.26 Å². The van der Waals surface area contributed by atoms with Gasteiger partial charge in [-0.05, 0) is 37.6 Å². The molecule has 1 unspecified atom stereocenters. The molecule has 3 heteroatoms. The molecule has 86 valence electrons. The maximum Gasteiger partial charge on any atom is 0.119 e. The number of rotatable bonds is 6. The maximum absolute atomic E-state index is 8.60. The smallest absolute Gasteiger partial charge is 0.119 e. The fourth-order valence-electron chi connectivity index (χ4n) is 1.11. The van der Waals surface area contributed by atoms with Gasteiger partial charge in [0.25, 0.3) is 0 Å². The average molecular weight is 219 g/mol. The molecule has 0 radical (unpaired) electrons. The largest absolute Gasteiger partial charge is 0.494 e. The third-order valence-electron chi connectivity index (χ3n) is 2.02. The number of nitriles is 1. The van der Waals surface area contributed by atoms with Gasteiger partial charge < -0.3 is 9.47 Å². The lowest BCUT2D eigenvalue weighted by Gasteiger charge is -2.08. The Bertz CT molecular complexity index is 340. The molecule has 0 aliphatic carbocycles. The Morgan fingerprint density at radius 1 is 1.19 bits per heavy atom. The van der Waals surface area contributed by atoms with Crippen LogP contribution < -0.4 is 9.47 Å². The van der Waals surface area contributed by atoms with Gasteiger partial charge in [-0.3, -0.25) is 0 Å². The minimum atomic E-state index is -0.0870. The van der Waals surface area contributed by atoms with Gasteiger partial charge in [0.05, 0.1) is 18.6 Å². The highest BCUT2D eigenvalue weighted by Crippen LogP contribution is 2.18. The third kappa shape index (κ3) is 4.22. The van der Waals surface area contributed by atoms with E-state index in [1.165, 1.54) is 0 Å². The number of ether oxygens (including phenoxy) is 2. The van der Waals surface area contributed by atoms with Crippen molar-refractivity contribution in [2.45, 2.75) is 20.3 Å². The molecule has 0 spiro atoms. The summed E-state index contributed by atoms with van der Waals surface area (Å²) < 4.78 is 10.9. The molecule has 0 amide bonds. The van der Waals surface area contributed by atoms with Gasteiger partial charge in [0, 0.05) is 0 Å². The maximum atomic E-state index is 8.60. The number of hydrogen-bond donors (Lipinski definition) is 0. The minimum Gasteiger partial charge on any atom is -0.494 e. The van der Waals surface area contributed by atoms with Crippen molar-refractivity contribution in [2.75, 3.05) is 13.2 Å². The lowest BCUT2D eigenvalue weighted by atomic mass is 10.2. The van der Waals surface area contributed by atoms with Gasteiger partial charge in [-0.25, -0.2) is 0 Å². The van der Waals surface area contributed by atoms with Crippen LogP contribution in [0.15, 0.2) is 24.3 Å². The van der Waals surface area contributed by atoms with Gasteiger partial charge in [0.15, 0.2) is 0 Å². The second kappa shape index (κ2) is 6.73. The molecule has 0 aliphatic heterocycles. The first-order valence-electron chi connectivity index (χ1n) is 5.51. The Balaban J connectivity index is 2.42. The average Bonchev–Trinajstić information content (AvgIpc) is 2.34. The predicted molar refractivity (Wildman–Crippen MR) is 62.5 cm³/mol. The van der Waals surface area contributed by atoms with Crippen molar-refractivity contribution in [1.29, 1.82) is 5.26 Å². The summed E-state index contributed by atoms with van der Waals surface area (Å²) >= 11 is 0. The summed E-state index contributed by atoms with van der Waals surface area (Å²) in [6.07, 6.45) is 0.998. The molecule has 0 N–H and O–H groups in total. The molecular formula is C13H17NO2. The zero-order chi connectivity index (χ0) is 11.8. The Morgan fingerprint density at radius 2 is 1.75 bits per heavy atom. The first-order valence-corrected chi connectivity index (χ1v) is 5.51. The van der Waals surface area contributed by atoms with Gasteiger partial charge in [0.2, 0.25) is 0 Å². The summed E-state index contributed by atoms with van der Waals surface area (Å²) in [5.41, 5.74) is 0. The van der Waals surface area contributed by atoms with Crippen molar-refractivity contribution >= 4 is 0 Å². The van der Waals surface area contributed by atoms with E-state index in [2.05, 4.69) is 13.0 Å². The van der Waals surface area contributed by atoms with Crippen molar-refractivity contribution in [3.05, 3.63) is 24.3 Å². The van der Waals surface area contributed by atoms with E-state index in [9.17, 15) is 0 Å². The van der Waals surface area contributed by atoms with Crippen LogP contribution in [0, 0.1) is 17.2 Å². The highest BCUT2D eigenvalue weighted by molar-refractivity contribution is 5.31. The van der Waals surface area contributed by atoms with Crippen molar-refractivity contribution in [3.8, 4) is 17.6 Å². The van der Waals surface area contributed by atoms with Crippen molar-refractivity contribution in [2.24, 2.45) is 5.92 Å². The van der Waals surface area contributed by atoms with E-state index in [0.717, 1.165) is 24.5 Å². The van der Waals surface area contributed by atoms with Gasteiger partial charge in [-0.15, -0.1) is 0 Å². The van der Waals surface area contributed by atoms with E-state index in [1.54, 1.807) is 0 Å². The molecule has 0 heterocycles. The second-order valence-electron chi connectivity index (χ2n) is 3.66. The SMILES string of the molecule is CCCOc1ccc(OCC(C)C#N)cc1. The standard InChI is InChI=1S/C13H17NO2/c1-3-8-15-12-4-6-13(7-5-12)16-10-11(2)9-14/h4-7,11H,3,8,10H2,1-2H3. The van der Waals surface area contributed by atoms with Crippen LogP contribution in [0.2, 0.25) is 0 Å². The summed E-state index contributed by atoms with van der Waals surface area (Å²) in [4.78, 5) is 0. The van der Waals surface area contributed by atoms with E-state index in [0.29, 0.717) is 6.61 Å². The van der Waals surface area contributed by atoms with Crippen LogP contribution in [0.5, 0.6) is 11.5 Å². The van der Waals surface area contributed by atoms with Crippen LogP contribution in [-0.2, 0) is 0 Å². The molecule has 1 rings (SSSR count). The molecule has 0 aromatic heterocycles. The Morgan fingerprint density at radius 3 is 2.25 bits per heavy atom. The third-order valence-corrected chi connectivity index (χ3v) is 2.02. The van der Waals surface area contributed by atoms with E-state index in [1.807, 2.05) is 31.2 Å². The van der Waals surface area contributed by atoms with Crippen LogP contribution in [0.3, 0.4) is 0 Å². The van der Waals surface area contributed by atoms with E-state index < -0.39 is 0 Å². The summed E-state index contributed by atoms with van der Waals surface area (Å²) in [6, 6.07) is 9.59. The molecule has 3 nitrogen and oxygen atoms in total. The van der Waals surface area contributed by atoms with Gasteiger partial charge in [0.1, 0.15) is 18.1 Å². The Labute approximate surface area is 96.6 Å². The van der Waals surface area contributed by atoms with Crippen molar-refractivity contribution in [3.63, 3.8) is 0 Å². The van der Waals surface area contributed by atoms with Crippen LogP contribution in [0.1, 0.15) is 20.3 Å². The fourth-order valence-corrected chi connectivity index (χ4v) is 1.11. The van der Waals surface area contributed by atoms with Crippen molar-refractivity contribution in [1.82, 2.24) is 0 Å². The fraction of sp³-hybridized carbons (Fsp3) is 0.462. The Hall–Kier alpha value is -1.69. The molecule has 1 aromatic carbocycles. The van der Waals surface area contributed by atoms with Crippen LogP contribution in [0.25, 0.3) is 0 Å². The highest BCUT2D eigenvalue weighted by atomic mass is 16.5. The van der Waals surface area contributed by atoms with E-state index >= 15 is 0 Å². The van der Waals surface area contributed by atoms with Crippen LogP contribution in [0.4, 0.5) is 0 Å². The molecule has 0 saturated heterocycles. The quantitative estimate of drug-likeness (QED) is 0.738. The lowest BCUT2D eigenvalue weighted by molar-refractivity contribution is 0.286. The van der Waals surface area contributed by atoms with E-state index in [-0.39, 0.29) is 5.92 Å². The topological polar surface area (TPSA) is 42.2 Å². The van der Waals surface area contributed by atoms with Crippen molar-refractivity contribution < 1.29 is 9.47 Å². The molecule has 0 saturated carbocycles. The molecule has 16 heavy (non-hydrogen) atoms. The number of benzene rings is 1. The number of nitrogens with zero attached hydrogens (tertiary/aromatic N) is 1. The minimum absolute atomic E-state index is 0.0870. The number of hydrogen-bond acceptors (Lipinski definition) is 3. The van der Waals surface area contributed by atoms with E-state index in [4.69, 9.17) is 14.7 Å². The zero-order valence-corrected chi connectivity index (χ0v) is 9.77. The molecular weight excluding hydrogens is 202 g/mol. The first-order chi connectivity index (χ1) is 7.76. The summed E-state index contributed by atoms with van der Waals surface area (Å²) in [7, 11) is 0. The first kappa shape index (κ1) is 12.4. The van der Waals surface area contributed by atoms with Gasteiger partial charge in [-0.1, -0.05) is 6.92 Å². The molecule has 0 fully saturated rings. The van der Waals surface area contributed by atoms with Crippen LogP contribution >= 0.6 is 0 Å². The monoisotopic (exact) mass is 219 g/mol. The molecule has 1 atom stereocenters. The summed E-state index contributed by atoms with van der Waals surface area (Å²) in [5.74, 6) is 1.53. The van der Waals surface area contributed by atoms with Gasteiger partial charge >= 0.3 is 0 Å². The highest BCUT2D eigenvalue weighted by Gasteiger charge is 2.01. The predicted octanol–water partition coefficient (Wildman–Crippen LogP) is 3.01. The second-order valence-corrected chi connectivity index (χ2v) is 3.66. The molecule has 0 aliphatic rings. The summed E-state index contributed by atoms with van der Waals surface area (Å²) in [6.45, 7) is 5.05. The zero-order valence-electron chi connectivity index (χ0n) is 9.77. The Kier molecular flexibility index (Phi) is 5.21. The summed E-state index contributed by atoms with van der Waals surface area (Å²) in [5, 5.41) is 8.60. The molecule has 0 bridgehead atoms. The molecule has 1 aromatic rings.